The Labute approximate surface area is 80.5 Å². The molecule has 4 nitrogen and oxygen atoms in total. The smallest absolute Gasteiger partial charge is 0.227 e. The fraction of sp³-hybridized carbons (Fsp3) is 0.750. The highest BCUT2D eigenvalue weighted by atomic mass is 32.2. The van der Waals surface area contributed by atoms with Gasteiger partial charge in [-0.1, -0.05) is 0 Å². The van der Waals surface area contributed by atoms with Crippen LogP contribution in [-0.4, -0.2) is 33.9 Å². The van der Waals surface area contributed by atoms with Crippen molar-refractivity contribution in [1.29, 1.82) is 0 Å². The van der Waals surface area contributed by atoms with Gasteiger partial charge in [0.2, 0.25) is 5.91 Å². The SMILES string of the molecule is CC(=O)CC(=O)NCC(C)S(C)=O. The summed E-state index contributed by atoms with van der Waals surface area (Å²) >= 11 is 0. The second kappa shape index (κ2) is 5.85. The molecular formula is C8H15NO3S. The minimum atomic E-state index is -0.939. The van der Waals surface area contributed by atoms with E-state index in [1.54, 1.807) is 13.2 Å². The Morgan fingerprint density at radius 2 is 2.00 bits per heavy atom. The monoisotopic (exact) mass is 205 g/mol. The molecule has 0 aliphatic rings. The molecule has 0 fully saturated rings. The van der Waals surface area contributed by atoms with E-state index in [2.05, 4.69) is 5.32 Å². The van der Waals surface area contributed by atoms with E-state index in [1.807, 2.05) is 0 Å². The van der Waals surface area contributed by atoms with Crippen molar-refractivity contribution in [3.63, 3.8) is 0 Å². The largest absolute Gasteiger partial charge is 0.355 e. The first-order valence-electron chi connectivity index (χ1n) is 4.02. The molecule has 76 valence electrons. The number of hydrogen-bond acceptors (Lipinski definition) is 3. The molecular weight excluding hydrogens is 190 g/mol. The van der Waals surface area contributed by atoms with Crippen LogP contribution in [-0.2, 0) is 20.4 Å². The van der Waals surface area contributed by atoms with Crippen LogP contribution in [0.15, 0.2) is 0 Å². The molecule has 0 saturated heterocycles. The average Bonchev–Trinajstić information content (AvgIpc) is 1.98. The summed E-state index contributed by atoms with van der Waals surface area (Å²) in [5.41, 5.74) is 0. The molecule has 0 aromatic rings. The molecule has 0 aromatic carbocycles. The van der Waals surface area contributed by atoms with E-state index in [4.69, 9.17) is 0 Å². The summed E-state index contributed by atoms with van der Waals surface area (Å²) in [5, 5.41) is 2.47. The molecule has 0 radical (unpaired) electrons. The molecule has 0 aliphatic heterocycles. The van der Waals surface area contributed by atoms with Gasteiger partial charge >= 0.3 is 0 Å². The van der Waals surface area contributed by atoms with E-state index in [-0.39, 0.29) is 23.4 Å². The summed E-state index contributed by atoms with van der Waals surface area (Å²) < 4.78 is 10.9. The maximum Gasteiger partial charge on any atom is 0.227 e. The summed E-state index contributed by atoms with van der Waals surface area (Å²) in [4.78, 5) is 21.5. The standard InChI is InChI=1S/C8H15NO3S/c1-6(10)4-8(11)9-5-7(2)13(3)12/h7H,4-5H2,1-3H3,(H,9,11). The van der Waals surface area contributed by atoms with Crippen LogP contribution in [0, 0.1) is 0 Å². The lowest BCUT2D eigenvalue weighted by Crippen LogP contribution is -2.33. The van der Waals surface area contributed by atoms with Gasteiger partial charge < -0.3 is 5.32 Å². The van der Waals surface area contributed by atoms with Gasteiger partial charge in [-0.25, -0.2) is 0 Å². The van der Waals surface area contributed by atoms with Gasteiger partial charge in [-0.05, 0) is 13.8 Å². The zero-order valence-electron chi connectivity index (χ0n) is 8.12. The Balaban J connectivity index is 3.70. The molecule has 0 saturated carbocycles. The maximum absolute atomic E-state index is 10.9. The molecule has 0 spiro atoms. The van der Waals surface area contributed by atoms with Crippen LogP contribution < -0.4 is 5.32 Å². The third kappa shape index (κ3) is 6.45. The third-order valence-corrected chi connectivity index (χ3v) is 2.86. The molecule has 1 N–H and O–H groups in total. The van der Waals surface area contributed by atoms with Crippen molar-refractivity contribution in [2.24, 2.45) is 0 Å². The number of hydrogen-bond donors (Lipinski definition) is 1. The van der Waals surface area contributed by atoms with Crippen molar-refractivity contribution in [2.75, 3.05) is 12.8 Å². The molecule has 0 heterocycles. The number of carbonyl (C=O) groups excluding carboxylic acids is 2. The topological polar surface area (TPSA) is 63.2 Å². The van der Waals surface area contributed by atoms with Crippen molar-refractivity contribution in [3.05, 3.63) is 0 Å². The Morgan fingerprint density at radius 3 is 2.38 bits per heavy atom. The molecule has 2 unspecified atom stereocenters. The van der Waals surface area contributed by atoms with Crippen LogP contribution in [0.3, 0.4) is 0 Å². The molecule has 13 heavy (non-hydrogen) atoms. The summed E-state index contributed by atoms with van der Waals surface area (Å²) in [6.07, 6.45) is 1.49. The first kappa shape index (κ1) is 12.3. The zero-order valence-corrected chi connectivity index (χ0v) is 8.94. The van der Waals surface area contributed by atoms with Gasteiger partial charge in [0, 0.05) is 28.9 Å². The normalized spacial score (nSPS) is 14.7. The number of ketones is 1. The van der Waals surface area contributed by atoms with Crippen LogP contribution in [0.4, 0.5) is 0 Å². The summed E-state index contributed by atoms with van der Waals surface area (Å²) in [5.74, 6) is -0.465. The Hall–Kier alpha value is -0.710. The first-order valence-corrected chi connectivity index (χ1v) is 5.64. The highest BCUT2D eigenvalue weighted by Crippen LogP contribution is 1.90. The van der Waals surface area contributed by atoms with Gasteiger partial charge in [0.15, 0.2) is 0 Å². The highest BCUT2D eigenvalue weighted by molar-refractivity contribution is 7.84. The number of amides is 1. The van der Waals surface area contributed by atoms with Crippen LogP contribution in [0.5, 0.6) is 0 Å². The maximum atomic E-state index is 10.9. The van der Waals surface area contributed by atoms with E-state index in [9.17, 15) is 13.8 Å². The third-order valence-electron chi connectivity index (χ3n) is 1.56. The lowest BCUT2D eigenvalue weighted by molar-refractivity contribution is -0.127. The van der Waals surface area contributed by atoms with Gasteiger partial charge in [0.05, 0.1) is 6.42 Å². The van der Waals surface area contributed by atoms with Gasteiger partial charge in [0.25, 0.3) is 0 Å². The van der Waals surface area contributed by atoms with Crippen LogP contribution in [0.25, 0.3) is 0 Å². The molecule has 5 heteroatoms. The molecule has 0 rings (SSSR count). The Morgan fingerprint density at radius 1 is 1.46 bits per heavy atom. The van der Waals surface area contributed by atoms with E-state index < -0.39 is 10.8 Å². The van der Waals surface area contributed by atoms with Crippen LogP contribution in [0.1, 0.15) is 20.3 Å². The highest BCUT2D eigenvalue weighted by Gasteiger charge is 2.09. The van der Waals surface area contributed by atoms with Crippen molar-refractivity contribution in [2.45, 2.75) is 25.5 Å². The zero-order chi connectivity index (χ0) is 10.4. The van der Waals surface area contributed by atoms with Crippen molar-refractivity contribution in [1.82, 2.24) is 5.32 Å². The van der Waals surface area contributed by atoms with E-state index in [1.165, 1.54) is 6.92 Å². The molecule has 0 bridgehead atoms. The van der Waals surface area contributed by atoms with E-state index in [0.29, 0.717) is 6.54 Å². The minimum Gasteiger partial charge on any atom is -0.355 e. The fourth-order valence-electron chi connectivity index (χ4n) is 0.664. The summed E-state index contributed by atoms with van der Waals surface area (Å²) in [6, 6.07) is 0. The lowest BCUT2D eigenvalue weighted by Gasteiger charge is -2.08. The molecule has 0 aromatic heterocycles. The summed E-state index contributed by atoms with van der Waals surface area (Å²) in [6.45, 7) is 3.50. The fourth-order valence-corrected chi connectivity index (χ4v) is 0.982. The molecule has 2 atom stereocenters. The van der Waals surface area contributed by atoms with Gasteiger partial charge in [-0.2, -0.15) is 0 Å². The molecule has 0 aliphatic carbocycles. The van der Waals surface area contributed by atoms with Gasteiger partial charge in [-0.15, -0.1) is 0 Å². The van der Waals surface area contributed by atoms with Crippen LogP contribution in [0.2, 0.25) is 0 Å². The number of Topliss-reactive ketones (excluding diaryl/α,β-unsaturated/α-hetero) is 1. The summed E-state index contributed by atoms with van der Waals surface area (Å²) in [7, 11) is -0.939. The lowest BCUT2D eigenvalue weighted by atomic mass is 10.3. The Bertz CT molecular complexity index is 227. The van der Waals surface area contributed by atoms with Crippen molar-refractivity contribution >= 4 is 22.5 Å². The van der Waals surface area contributed by atoms with Crippen molar-refractivity contribution in [3.8, 4) is 0 Å². The quantitative estimate of drug-likeness (QED) is 0.635. The second-order valence-corrected chi connectivity index (χ2v) is 4.79. The Kier molecular flexibility index (Phi) is 5.53. The van der Waals surface area contributed by atoms with Crippen molar-refractivity contribution < 1.29 is 13.8 Å². The van der Waals surface area contributed by atoms with E-state index >= 15 is 0 Å². The number of nitrogens with one attached hydrogen (secondary N) is 1. The predicted octanol–water partition coefficient (Wildman–Crippen LogP) is -0.151. The second-order valence-electron chi connectivity index (χ2n) is 2.99. The average molecular weight is 205 g/mol. The first-order chi connectivity index (χ1) is 5.93. The number of rotatable bonds is 5. The molecule has 1 amide bonds. The van der Waals surface area contributed by atoms with Gasteiger partial charge in [-0.3, -0.25) is 13.8 Å². The van der Waals surface area contributed by atoms with Crippen LogP contribution >= 0.6 is 0 Å². The van der Waals surface area contributed by atoms with Gasteiger partial charge in [0.1, 0.15) is 5.78 Å². The predicted molar refractivity (Wildman–Crippen MR) is 51.8 cm³/mol. The minimum absolute atomic E-state index is 0.0732. The van der Waals surface area contributed by atoms with E-state index in [0.717, 1.165) is 0 Å². The number of carbonyl (C=O) groups is 2.